The van der Waals surface area contributed by atoms with Gasteiger partial charge in [0.05, 0.1) is 5.02 Å². The molecule has 11 heavy (non-hydrogen) atoms. The highest BCUT2D eigenvalue weighted by molar-refractivity contribution is 6.35. The van der Waals surface area contributed by atoms with E-state index in [-0.39, 0.29) is 16.6 Å². The fraction of sp³-hybridized carbons (Fsp3) is 0. The van der Waals surface area contributed by atoms with Crippen LogP contribution in [0.25, 0.3) is 0 Å². The highest BCUT2D eigenvalue weighted by Gasteiger charge is 2.05. The molecule has 4 heteroatoms. The molecular formula is C7H7ClN2O. The van der Waals surface area contributed by atoms with Crippen molar-refractivity contribution >= 4 is 17.4 Å². The van der Waals surface area contributed by atoms with E-state index in [9.17, 15) is 0 Å². The summed E-state index contributed by atoms with van der Waals surface area (Å²) in [4.78, 5) is 0. The molecule has 58 valence electrons. The lowest BCUT2D eigenvalue weighted by Gasteiger charge is -2.01. The van der Waals surface area contributed by atoms with Crippen molar-refractivity contribution in [2.45, 2.75) is 0 Å². The smallest absolute Gasteiger partial charge is 0.134 e. The summed E-state index contributed by atoms with van der Waals surface area (Å²) in [7, 11) is 0. The Morgan fingerprint density at radius 1 is 1.55 bits per heavy atom. The van der Waals surface area contributed by atoms with E-state index in [0.29, 0.717) is 5.56 Å². The summed E-state index contributed by atoms with van der Waals surface area (Å²) in [6.45, 7) is 0. The number of rotatable bonds is 1. The van der Waals surface area contributed by atoms with Gasteiger partial charge in [0.25, 0.3) is 0 Å². The van der Waals surface area contributed by atoms with E-state index >= 15 is 0 Å². The lowest BCUT2D eigenvalue weighted by Crippen LogP contribution is -2.11. The third-order valence-electron chi connectivity index (χ3n) is 1.27. The molecule has 0 spiro atoms. The number of amidine groups is 1. The molecule has 0 saturated heterocycles. The van der Waals surface area contributed by atoms with Crippen LogP contribution in [0.15, 0.2) is 18.2 Å². The minimum atomic E-state index is -0.147. The Morgan fingerprint density at radius 2 is 2.18 bits per heavy atom. The van der Waals surface area contributed by atoms with E-state index in [1.165, 1.54) is 6.07 Å². The van der Waals surface area contributed by atoms with Crippen LogP contribution >= 0.6 is 11.6 Å². The first kappa shape index (κ1) is 7.88. The fourth-order valence-electron chi connectivity index (χ4n) is 0.728. The molecule has 0 radical (unpaired) electrons. The largest absolute Gasteiger partial charge is 0.506 e. The number of aromatic hydroxyl groups is 1. The maximum Gasteiger partial charge on any atom is 0.134 e. The zero-order valence-electron chi connectivity index (χ0n) is 5.63. The number of hydrogen-bond donors (Lipinski definition) is 3. The average Bonchev–Trinajstić information content (AvgIpc) is 1.94. The molecule has 1 aromatic rings. The first-order valence-electron chi connectivity index (χ1n) is 2.95. The van der Waals surface area contributed by atoms with Crippen molar-refractivity contribution in [2.75, 3.05) is 0 Å². The van der Waals surface area contributed by atoms with Gasteiger partial charge in [-0.05, 0) is 12.1 Å². The van der Waals surface area contributed by atoms with Crippen molar-refractivity contribution in [3.8, 4) is 5.75 Å². The Bertz CT molecular complexity index is 298. The molecule has 0 heterocycles. The molecule has 4 N–H and O–H groups in total. The van der Waals surface area contributed by atoms with Crippen molar-refractivity contribution in [3.63, 3.8) is 0 Å². The third-order valence-corrected chi connectivity index (χ3v) is 1.67. The van der Waals surface area contributed by atoms with Crippen LogP contribution in [-0.2, 0) is 0 Å². The quantitative estimate of drug-likeness (QED) is 0.440. The van der Waals surface area contributed by atoms with Crippen LogP contribution < -0.4 is 5.73 Å². The van der Waals surface area contributed by atoms with E-state index in [1.54, 1.807) is 12.1 Å². The van der Waals surface area contributed by atoms with E-state index in [4.69, 9.17) is 27.9 Å². The summed E-state index contributed by atoms with van der Waals surface area (Å²) in [5, 5.41) is 16.2. The van der Waals surface area contributed by atoms with Gasteiger partial charge in [-0.2, -0.15) is 0 Å². The van der Waals surface area contributed by atoms with Gasteiger partial charge in [0, 0.05) is 5.56 Å². The Morgan fingerprint density at radius 3 is 2.64 bits per heavy atom. The van der Waals surface area contributed by atoms with Crippen molar-refractivity contribution in [3.05, 3.63) is 28.8 Å². The molecule has 0 aliphatic carbocycles. The van der Waals surface area contributed by atoms with Crippen LogP contribution in [0.1, 0.15) is 5.56 Å². The van der Waals surface area contributed by atoms with Crippen molar-refractivity contribution < 1.29 is 5.11 Å². The summed E-state index contributed by atoms with van der Waals surface area (Å²) >= 11 is 5.62. The molecule has 0 fully saturated rings. The summed E-state index contributed by atoms with van der Waals surface area (Å²) in [5.74, 6) is -0.203. The molecule has 0 aliphatic rings. The molecule has 1 rings (SSSR count). The van der Waals surface area contributed by atoms with Crippen LogP contribution in [0.3, 0.4) is 0 Å². The van der Waals surface area contributed by atoms with Crippen molar-refractivity contribution in [1.82, 2.24) is 0 Å². The van der Waals surface area contributed by atoms with Gasteiger partial charge in [0.2, 0.25) is 0 Å². The normalized spacial score (nSPS) is 9.55. The number of hydrogen-bond acceptors (Lipinski definition) is 2. The minimum absolute atomic E-state index is 0.0561. The van der Waals surface area contributed by atoms with Gasteiger partial charge in [0.1, 0.15) is 11.6 Å². The molecule has 0 atom stereocenters. The van der Waals surface area contributed by atoms with Gasteiger partial charge in [-0.15, -0.1) is 0 Å². The number of phenolic OH excluding ortho intramolecular Hbond substituents is 1. The molecule has 0 unspecified atom stereocenters. The van der Waals surface area contributed by atoms with Crippen LogP contribution in [0.2, 0.25) is 5.02 Å². The van der Waals surface area contributed by atoms with E-state index < -0.39 is 0 Å². The number of benzene rings is 1. The summed E-state index contributed by atoms with van der Waals surface area (Å²) in [6, 6.07) is 4.59. The lowest BCUT2D eigenvalue weighted by atomic mass is 10.2. The lowest BCUT2D eigenvalue weighted by molar-refractivity contribution is 0.475. The summed E-state index contributed by atoms with van der Waals surface area (Å²) in [5.41, 5.74) is 5.52. The van der Waals surface area contributed by atoms with Crippen molar-refractivity contribution in [2.24, 2.45) is 5.73 Å². The molecule has 1 aromatic carbocycles. The Hall–Kier alpha value is -1.22. The van der Waals surface area contributed by atoms with Crippen LogP contribution in [0, 0.1) is 5.41 Å². The summed E-state index contributed by atoms with van der Waals surface area (Å²) < 4.78 is 0. The van der Waals surface area contributed by atoms with Gasteiger partial charge < -0.3 is 10.8 Å². The van der Waals surface area contributed by atoms with Gasteiger partial charge in [0.15, 0.2) is 0 Å². The second-order valence-corrected chi connectivity index (χ2v) is 2.43. The van der Waals surface area contributed by atoms with E-state index in [2.05, 4.69) is 0 Å². The van der Waals surface area contributed by atoms with E-state index in [0.717, 1.165) is 0 Å². The van der Waals surface area contributed by atoms with Gasteiger partial charge >= 0.3 is 0 Å². The Labute approximate surface area is 68.9 Å². The molecule has 0 bridgehead atoms. The molecule has 3 nitrogen and oxygen atoms in total. The first-order chi connectivity index (χ1) is 5.13. The predicted molar refractivity (Wildman–Crippen MR) is 44.1 cm³/mol. The molecule has 0 aliphatic heterocycles. The zero-order chi connectivity index (χ0) is 8.43. The standard InChI is InChI=1S/C7H7ClN2O/c8-6-4(7(9)10)2-1-3-5(6)11/h1-3,11H,(H3,9,10). The average molecular weight is 171 g/mol. The predicted octanol–water partition coefficient (Wildman–Crippen LogP) is 1.33. The topological polar surface area (TPSA) is 70.1 Å². The van der Waals surface area contributed by atoms with Crippen LogP contribution in [0.5, 0.6) is 5.75 Å². The van der Waals surface area contributed by atoms with Crippen LogP contribution in [-0.4, -0.2) is 10.9 Å². The number of nitrogens with two attached hydrogens (primary N) is 1. The van der Waals surface area contributed by atoms with Gasteiger partial charge in [-0.1, -0.05) is 17.7 Å². The zero-order valence-corrected chi connectivity index (χ0v) is 6.39. The van der Waals surface area contributed by atoms with Crippen molar-refractivity contribution in [1.29, 1.82) is 5.41 Å². The minimum Gasteiger partial charge on any atom is -0.506 e. The van der Waals surface area contributed by atoms with Gasteiger partial charge in [-0.25, -0.2) is 0 Å². The van der Waals surface area contributed by atoms with E-state index in [1.807, 2.05) is 0 Å². The highest BCUT2D eigenvalue weighted by Crippen LogP contribution is 2.25. The highest BCUT2D eigenvalue weighted by atomic mass is 35.5. The number of nitrogens with one attached hydrogen (secondary N) is 1. The Balaban J connectivity index is 3.27. The SMILES string of the molecule is N=C(N)c1cccc(O)c1Cl. The third kappa shape index (κ3) is 1.43. The van der Waals surface area contributed by atoms with Crippen LogP contribution in [0.4, 0.5) is 0 Å². The maximum atomic E-state index is 9.06. The number of halogens is 1. The molecule has 0 amide bonds. The monoisotopic (exact) mass is 170 g/mol. The molecule has 0 aromatic heterocycles. The Kier molecular flexibility index (Phi) is 2.01. The second kappa shape index (κ2) is 2.80. The summed E-state index contributed by atoms with van der Waals surface area (Å²) in [6.07, 6.45) is 0. The molecular weight excluding hydrogens is 164 g/mol. The number of phenols is 1. The number of nitrogen functional groups attached to an aromatic ring is 1. The van der Waals surface area contributed by atoms with Gasteiger partial charge in [-0.3, -0.25) is 5.41 Å². The first-order valence-corrected chi connectivity index (χ1v) is 3.32. The maximum absolute atomic E-state index is 9.06. The second-order valence-electron chi connectivity index (χ2n) is 2.05. The molecule has 0 saturated carbocycles. The fourth-order valence-corrected chi connectivity index (χ4v) is 0.956.